The van der Waals surface area contributed by atoms with E-state index in [1.54, 1.807) is 0 Å². The van der Waals surface area contributed by atoms with Crippen LogP contribution in [0.2, 0.25) is 0 Å². The summed E-state index contributed by atoms with van der Waals surface area (Å²) >= 11 is 4.72. The SMILES string of the molecule is CCCCCCCCCCCCc1c(O)ccc(CCCCC)c1S. The van der Waals surface area contributed by atoms with Gasteiger partial charge < -0.3 is 5.11 Å². The molecule has 1 aromatic carbocycles. The second-order valence-electron chi connectivity index (χ2n) is 7.46. The van der Waals surface area contributed by atoms with E-state index in [-0.39, 0.29) is 0 Å². The number of aromatic hydroxyl groups is 1. The molecular formula is C23H40OS. The first-order chi connectivity index (χ1) is 12.2. The highest BCUT2D eigenvalue weighted by Gasteiger charge is 2.10. The lowest BCUT2D eigenvalue weighted by molar-refractivity contribution is 0.462. The molecule has 0 heterocycles. The number of rotatable bonds is 15. The number of unbranched alkanes of at least 4 members (excludes halogenated alkanes) is 11. The Balaban J connectivity index is 2.24. The maximum atomic E-state index is 10.2. The first-order valence-corrected chi connectivity index (χ1v) is 11.2. The lowest BCUT2D eigenvalue weighted by Gasteiger charge is -2.13. The van der Waals surface area contributed by atoms with Gasteiger partial charge in [-0.25, -0.2) is 0 Å². The van der Waals surface area contributed by atoms with Crippen molar-refractivity contribution in [2.24, 2.45) is 0 Å². The van der Waals surface area contributed by atoms with Crippen molar-refractivity contribution in [1.82, 2.24) is 0 Å². The first kappa shape index (κ1) is 22.4. The van der Waals surface area contributed by atoms with E-state index >= 15 is 0 Å². The molecule has 0 saturated carbocycles. The molecule has 0 radical (unpaired) electrons. The molecule has 0 aliphatic carbocycles. The van der Waals surface area contributed by atoms with Crippen molar-refractivity contribution >= 4 is 12.6 Å². The van der Waals surface area contributed by atoms with Crippen LogP contribution in [0, 0.1) is 0 Å². The van der Waals surface area contributed by atoms with Crippen molar-refractivity contribution in [3.05, 3.63) is 23.3 Å². The number of hydrogen-bond donors (Lipinski definition) is 2. The van der Waals surface area contributed by atoms with Crippen LogP contribution < -0.4 is 0 Å². The van der Waals surface area contributed by atoms with Crippen LogP contribution in [0.3, 0.4) is 0 Å². The van der Waals surface area contributed by atoms with E-state index in [9.17, 15) is 5.11 Å². The zero-order valence-corrected chi connectivity index (χ0v) is 17.6. The highest BCUT2D eigenvalue weighted by molar-refractivity contribution is 7.80. The third-order valence-electron chi connectivity index (χ3n) is 5.17. The topological polar surface area (TPSA) is 20.2 Å². The minimum absolute atomic E-state index is 0.431. The minimum atomic E-state index is 0.431. The predicted molar refractivity (Wildman–Crippen MR) is 114 cm³/mol. The normalized spacial score (nSPS) is 11.2. The third kappa shape index (κ3) is 9.58. The van der Waals surface area contributed by atoms with Crippen LogP contribution in [0.4, 0.5) is 0 Å². The van der Waals surface area contributed by atoms with Crippen LogP contribution in [-0.4, -0.2) is 5.11 Å². The molecule has 0 saturated heterocycles. The van der Waals surface area contributed by atoms with Gasteiger partial charge in [0.05, 0.1) is 0 Å². The second kappa shape index (κ2) is 14.5. The quantitative estimate of drug-likeness (QED) is 0.239. The van der Waals surface area contributed by atoms with E-state index in [0.29, 0.717) is 5.75 Å². The second-order valence-corrected chi connectivity index (χ2v) is 7.91. The average Bonchev–Trinajstić information content (AvgIpc) is 2.61. The first-order valence-electron chi connectivity index (χ1n) is 10.7. The van der Waals surface area contributed by atoms with Crippen LogP contribution in [-0.2, 0) is 12.8 Å². The van der Waals surface area contributed by atoms with Crippen molar-refractivity contribution in [2.45, 2.75) is 115 Å². The number of phenols is 1. The number of benzene rings is 1. The molecule has 0 atom stereocenters. The van der Waals surface area contributed by atoms with Crippen molar-refractivity contribution in [2.75, 3.05) is 0 Å². The molecule has 1 nitrogen and oxygen atoms in total. The molecule has 0 aliphatic rings. The molecule has 0 aromatic heterocycles. The minimum Gasteiger partial charge on any atom is -0.508 e. The molecule has 1 rings (SSSR count). The van der Waals surface area contributed by atoms with Crippen molar-refractivity contribution in [3.63, 3.8) is 0 Å². The largest absolute Gasteiger partial charge is 0.508 e. The molecular weight excluding hydrogens is 324 g/mol. The Labute approximate surface area is 162 Å². The summed E-state index contributed by atoms with van der Waals surface area (Å²) in [7, 11) is 0. The van der Waals surface area contributed by atoms with Gasteiger partial charge in [0.25, 0.3) is 0 Å². The van der Waals surface area contributed by atoms with E-state index in [1.165, 1.54) is 82.6 Å². The van der Waals surface area contributed by atoms with Crippen molar-refractivity contribution in [1.29, 1.82) is 0 Å². The Morgan fingerprint density at radius 1 is 0.680 bits per heavy atom. The molecule has 1 N–H and O–H groups in total. The summed E-state index contributed by atoms with van der Waals surface area (Å²) in [6, 6.07) is 3.92. The van der Waals surface area contributed by atoms with Gasteiger partial charge >= 0.3 is 0 Å². The standard InChI is InChI=1S/C23H40OS/c1-3-5-7-8-9-10-11-12-13-15-17-21-22(24)19-18-20(23(21)25)16-14-6-4-2/h18-19,24-25H,3-17H2,1-2H3. The molecule has 2 heteroatoms. The van der Waals surface area contributed by atoms with E-state index in [1.807, 2.05) is 6.07 Å². The van der Waals surface area contributed by atoms with Crippen LogP contribution in [0.15, 0.2) is 17.0 Å². The fourth-order valence-electron chi connectivity index (χ4n) is 3.48. The van der Waals surface area contributed by atoms with E-state index < -0.39 is 0 Å². The Morgan fingerprint density at radius 3 is 1.76 bits per heavy atom. The smallest absolute Gasteiger partial charge is 0.119 e. The Morgan fingerprint density at radius 2 is 1.16 bits per heavy atom. The molecule has 0 amide bonds. The number of thiol groups is 1. The van der Waals surface area contributed by atoms with Gasteiger partial charge in [-0.2, -0.15) is 0 Å². The molecule has 144 valence electrons. The Kier molecular flexibility index (Phi) is 13.0. The maximum absolute atomic E-state index is 10.2. The van der Waals surface area contributed by atoms with E-state index in [0.717, 1.165) is 29.7 Å². The molecule has 0 unspecified atom stereocenters. The van der Waals surface area contributed by atoms with Crippen LogP contribution >= 0.6 is 12.6 Å². The highest BCUT2D eigenvalue weighted by Crippen LogP contribution is 2.30. The number of phenolic OH excluding ortho intramolecular Hbond substituents is 1. The summed E-state index contributed by atoms with van der Waals surface area (Å²) < 4.78 is 0. The van der Waals surface area contributed by atoms with Crippen LogP contribution in [0.25, 0.3) is 0 Å². The Hall–Kier alpha value is -0.630. The summed E-state index contributed by atoms with van der Waals surface area (Å²) in [6.07, 6.45) is 19.2. The zero-order chi connectivity index (χ0) is 18.3. The van der Waals surface area contributed by atoms with Gasteiger partial charge in [0, 0.05) is 10.5 Å². The zero-order valence-electron chi connectivity index (χ0n) is 16.7. The van der Waals surface area contributed by atoms with Gasteiger partial charge in [0.1, 0.15) is 5.75 Å². The lowest BCUT2D eigenvalue weighted by Crippen LogP contribution is -1.95. The van der Waals surface area contributed by atoms with Crippen molar-refractivity contribution in [3.8, 4) is 5.75 Å². The van der Waals surface area contributed by atoms with Gasteiger partial charge in [-0.3, -0.25) is 0 Å². The average molecular weight is 365 g/mol. The molecule has 0 spiro atoms. The summed E-state index contributed by atoms with van der Waals surface area (Å²) in [5.41, 5.74) is 2.37. The van der Waals surface area contributed by atoms with Gasteiger partial charge in [-0.15, -0.1) is 12.6 Å². The number of hydrogen-bond acceptors (Lipinski definition) is 2. The van der Waals surface area contributed by atoms with Gasteiger partial charge in [0.2, 0.25) is 0 Å². The van der Waals surface area contributed by atoms with Crippen LogP contribution in [0.1, 0.15) is 108 Å². The molecule has 25 heavy (non-hydrogen) atoms. The van der Waals surface area contributed by atoms with Gasteiger partial charge in [0.15, 0.2) is 0 Å². The summed E-state index contributed by atoms with van der Waals surface area (Å²) in [5, 5.41) is 10.2. The fraction of sp³-hybridized carbons (Fsp3) is 0.739. The summed E-state index contributed by atoms with van der Waals surface area (Å²) in [5.74, 6) is 0.431. The summed E-state index contributed by atoms with van der Waals surface area (Å²) in [4.78, 5) is 1.03. The molecule has 1 aromatic rings. The molecule has 0 fully saturated rings. The maximum Gasteiger partial charge on any atom is 0.119 e. The van der Waals surface area contributed by atoms with E-state index in [2.05, 4.69) is 19.9 Å². The molecule has 0 bridgehead atoms. The van der Waals surface area contributed by atoms with Gasteiger partial charge in [-0.1, -0.05) is 90.5 Å². The lowest BCUT2D eigenvalue weighted by atomic mass is 9.99. The predicted octanol–water partition coefficient (Wildman–Crippen LogP) is 7.88. The van der Waals surface area contributed by atoms with Gasteiger partial charge in [-0.05, 0) is 37.3 Å². The Bertz CT molecular complexity index is 456. The third-order valence-corrected chi connectivity index (χ3v) is 5.73. The van der Waals surface area contributed by atoms with Crippen molar-refractivity contribution < 1.29 is 5.11 Å². The fourth-order valence-corrected chi connectivity index (χ4v) is 3.89. The van der Waals surface area contributed by atoms with E-state index in [4.69, 9.17) is 12.6 Å². The molecule has 0 aliphatic heterocycles. The van der Waals surface area contributed by atoms with Crippen LogP contribution in [0.5, 0.6) is 5.75 Å². The highest BCUT2D eigenvalue weighted by atomic mass is 32.1. The monoisotopic (exact) mass is 364 g/mol. The number of aryl methyl sites for hydroxylation is 1. The summed E-state index contributed by atoms with van der Waals surface area (Å²) in [6.45, 7) is 4.50.